The number of rotatable bonds is 8. The van der Waals surface area contributed by atoms with E-state index >= 15 is 0 Å². The maximum Gasteiger partial charge on any atom is 0.322 e. The predicted molar refractivity (Wildman–Crippen MR) is 57.1 cm³/mol. The smallest absolute Gasteiger partial charge is 0.322 e. The van der Waals surface area contributed by atoms with Crippen molar-refractivity contribution >= 4 is 11.9 Å². The van der Waals surface area contributed by atoms with Gasteiger partial charge in [-0.05, 0) is 6.92 Å². The average Bonchev–Trinajstić information content (AvgIpc) is 2.29. The second-order valence-corrected chi connectivity index (χ2v) is 3.74. The number of nitrogens with two attached hydrogens (primary N) is 1. The molecule has 0 aromatic heterocycles. The van der Waals surface area contributed by atoms with Gasteiger partial charge in [0.15, 0.2) is 0 Å². The van der Waals surface area contributed by atoms with Crippen LogP contribution in [0.15, 0.2) is 0 Å². The van der Waals surface area contributed by atoms with E-state index in [0.29, 0.717) is 0 Å². The van der Waals surface area contributed by atoms with Crippen molar-refractivity contribution in [3.05, 3.63) is 0 Å². The summed E-state index contributed by atoms with van der Waals surface area (Å²) in [5.74, 6) is -1.86. The third kappa shape index (κ3) is 5.59. The zero-order valence-electron chi connectivity index (χ0n) is 9.55. The van der Waals surface area contributed by atoms with Crippen LogP contribution in [0.5, 0.6) is 0 Å². The first kappa shape index (κ1) is 15.8. The zero-order valence-corrected chi connectivity index (χ0v) is 9.55. The first-order chi connectivity index (χ1) is 7.87. The molecule has 0 bridgehead atoms. The number of aliphatic hydroxyl groups is 2. The summed E-state index contributed by atoms with van der Waals surface area (Å²) >= 11 is 0. The van der Waals surface area contributed by atoms with Gasteiger partial charge in [-0.1, -0.05) is 0 Å². The molecule has 0 aromatic carbocycles. The van der Waals surface area contributed by atoms with E-state index < -0.39 is 43.3 Å². The fourth-order valence-electron chi connectivity index (χ4n) is 0.908. The Morgan fingerprint density at radius 1 is 1.41 bits per heavy atom. The molecule has 17 heavy (non-hydrogen) atoms. The summed E-state index contributed by atoms with van der Waals surface area (Å²) < 4.78 is 4.74. The van der Waals surface area contributed by atoms with Crippen LogP contribution in [0.3, 0.4) is 0 Å². The Bertz CT molecular complexity index is 264. The van der Waals surface area contributed by atoms with Crippen molar-refractivity contribution in [1.82, 2.24) is 5.32 Å². The lowest BCUT2D eigenvalue weighted by atomic mass is 10.0. The summed E-state index contributed by atoms with van der Waals surface area (Å²) in [4.78, 5) is 21.5. The molecule has 0 aliphatic heterocycles. The molecule has 1 atom stereocenters. The second-order valence-electron chi connectivity index (χ2n) is 3.74. The number of aliphatic hydroxyl groups excluding tert-OH is 2. The molecule has 0 saturated heterocycles. The van der Waals surface area contributed by atoms with E-state index in [1.54, 1.807) is 0 Å². The van der Waals surface area contributed by atoms with Gasteiger partial charge < -0.3 is 25.8 Å². The van der Waals surface area contributed by atoms with E-state index in [1.807, 2.05) is 0 Å². The summed E-state index contributed by atoms with van der Waals surface area (Å²) in [6, 6.07) is -0.829. The minimum Gasteiger partial charge on any atom is -0.480 e. The van der Waals surface area contributed by atoms with Gasteiger partial charge in [0.2, 0.25) is 0 Å². The topological polar surface area (TPSA) is 142 Å². The van der Waals surface area contributed by atoms with E-state index in [-0.39, 0.29) is 6.61 Å². The molecule has 0 unspecified atom stereocenters. The molecule has 100 valence electrons. The lowest BCUT2D eigenvalue weighted by Gasteiger charge is -2.30. The number of carbonyl (C=O) groups excluding carboxylic acids is 1. The highest BCUT2D eigenvalue weighted by Crippen LogP contribution is 2.04. The summed E-state index contributed by atoms with van der Waals surface area (Å²) in [7, 11) is 0. The Hall–Kier alpha value is -1.22. The van der Waals surface area contributed by atoms with Crippen molar-refractivity contribution in [3.8, 4) is 0 Å². The van der Waals surface area contributed by atoms with E-state index in [2.05, 4.69) is 5.32 Å². The number of hydrogen-bond acceptors (Lipinski definition) is 7. The van der Waals surface area contributed by atoms with Crippen molar-refractivity contribution in [1.29, 1.82) is 0 Å². The Morgan fingerprint density at radius 3 is 2.29 bits per heavy atom. The second kappa shape index (κ2) is 7.17. The summed E-state index contributed by atoms with van der Waals surface area (Å²) in [6.07, 6.45) is 0. The van der Waals surface area contributed by atoms with Crippen LogP contribution in [0.2, 0.25) is 0 Å². The Kier molecular flexibility index (Phi) is 6.66. The van der Waals surface area contributed by atoms with E-state index in [1.165, 1.54) is 6.92 Å². The van der Waals surface area contributed by atoms with Gasteiger partial charge in [0.1, 0.15) is 12.6 Å². The predicted octanol–water partition coefficient (Wildman–Crippen LogP) is -2.73. The molecule has 0 aliphatic rings. The van der Waals surface area contributed by atoms with Gasteiger partial charge in [0.25, 0.3) is 0 Å². The molecule has 8 heteroatoms. The lowest BCUT2D eigenvalue weighted by Crippen LogP contribution is -2.57. The lowest BCUT2D eigenvalue weighted by molar-refractivity contribution is -0.148. The van der Waals surface area contributed by atoms with Crippen LogP contribution in [-0.4, -0.2) is 65.2 Å². The maximum absolute atomic E-state index is 11.1. The highest BCUT2D eigenvalue weighted by Gasteiger charge is 2.31. The maximum atomic E-state index is 11.1. The minimum absolute atomic E-state index is 0.367. The van der Waals surface area contributed by atoms with Gasteiger partial charge in [-0.3, -0.25) is 14.9 Å². The van der Waals surface area contributed by atoms with Crippen LogP contribution in [0, 0.1) is 0 Å². The first-order valence-corrected chi connectivity index (χ1v) is 4.97. The van der Waals surface area contributed by atoms with Crippen LogP contribution < -0.4 is 11.1 Å². The molecule has 0 amide bonds. The molecule has 6 N–H and O–H groups in total. The fourth-order valence-corrected chi connectivity index (χ4v) is 0.908. The quantitative estimate of drug-likeness (QED) is 0.292. The van der Waals surface area contributed by atoms with Crippen molar-refractivity contribution in [2.45, 2.75) is 18.5 Å². The molecule has 0 saturated carbocycles. The summed E-state index contributed by atoms with van der Waals surface area (Å²) in [5.41, 5.74) is 3.87. The Balaban J connectivity index is 4.39. The highest BCUT2D eigenvalue weighted by molar-refractivity contribution is 5.75. The number of aliphatic carboxylic acids is 1. The summed E-state index contributed by atoms with van der Waals surface area (Å²) in [5, 5.41) is 29.1. The number of esters is 1. The summed E-state index contributed by atoms with van der Waals surface area (Å²) in [6.45, 7) is -0.580. The number of ether oxygens (including phenoxy) is 1. The SMILES string of the molecule is C[C@H](N)C(=O)OCC(CO)(CO)NCC(=O)O. The number of carboxylic acids is 1. The van der Waals surface area contributed by atoms with Crippen LogP contribution in [-0.2, 0) is 14.3 Å². The number of carbonyl (C=O) groups is 2. The van der Waals surface area contributed by atoms with Gasteiger partial charge in [-0.25, -0.2) is 0 Å². The monoisotopic (exact) mass is 250 g/mol. The molecule has 8 nitrogen and oxygen atoms in total. The van der Waals surface area contributed by atoms with Gasteiger partial charge in [0, 0.05) is 0 Å². The average molecular weight is 250 g/mol. The minimum atomic E-state index is -1.39. The van der Waals surface area contributed by atoms with Crippen molar-refractivity contribution in [3.63, 3.8) is 0 Å². The van der Waals surface area contributed by atoms with Gasteiger partial charge >= 0.3 is 11.9 Å². The number of nitrogens with one attached hydrogen (secondary N) is 1. The largest absolute Gasteiger partial charge is 0.480 e. The molecule has 0 fully saturated rings. The molecule has 0 rings (SSSR count). The van der Waals surface area contributed by atoms with Crippen molar-refractivity contribution < 1.29 is 29.6 Å². The van der Waals surface area contributed by atoms with E-state index in [4.69, 9.17) is 25.8 Å². The van der Waals surface area contributed by atoms with Gasteiger partial charge in [0.05, 0.1) is 25.3 Å². The van der Waals surface area contributed by atoms with Crippen LogP contribution >= 0.6 is 0 Å². The van der Waals surface area contributed by atoms with Crippen molar-refractivity contribution in [2.75, 3.05) is 26.4 Å². The standard InChI is InChI=1S/C9H18N2O6/c1-6(10)8(16)17-5-9(3-12,4-13)11-2-7(14)15/h6,11-13H,2-5,10H2,1H3,(H,14,15)/t6-/m0/s1. The van der Waals surface area contributed by atoms with Crippen molar-refractivity contribution in [2.24, 2.45) is 5.73 Å². The third-order valence-electron chi connectivity index (χ3n) is 2.08. The van der Waals surface area contributed by atoms with E-state index in [0.717, 1.165) is 0 Å². The molecular weight excluding hydrogens is 232 g/mol. The number of carboxylic acid groups (broad SMARTS) is 1. The third-order valence-corrected chi connectivity index (χ3v) is 2.08. The van der Waals surface area contributed by atoms with Crippen LogP contribution in [0.1, 0.15) is 6.92 Å². The zero-order chi connectivity index (χ0) is 13.5. The van der Waals surface area contributed by atoms with E-state index in [9.17, 15) is 9.59 Å². The van der Waals surface area contributed by atoms with Gasteiger partial charge in [-0.15, -0.1) is 0 Å². The van der Waals surface area contributed by atoms with Crippen LogP contribution in [0.25, 0.3) is 0 Å². The fraction of sp³-hybridized carbons (Fsp3) is 0.778. The molecule has 0 aromatic rings. The number of hydrogen-bond donors (Lipinski definition) is 5. The molecule has 0 spiro atoms. The molecule has 0 heterocycles. The normalized spacial score (nSPS) is 13.2. The highest BCUT2D eigenvalue weighted by atomic mass is 16.5. The molecule has 0 aliphatic carbocycles. The van der Waals surface area contributed by atoms with Crippen LogP contribution in [0.4, 0.5) is 0 Å². The van der Waals surface area contributed by atoms with Gasteiger partial charge in [-0.2, -0.15) is 0 Å². The molecular formula is C9H18N2O6. The molecule has 0 radical (unpaired) electrons. The Labute approximate surface area is 98.4 Å². The Morgan fingerprint density at radius 2 is 1.94 bits per heavy atom. The first-order valence-electron chi connectivity index (χ1n) is 4.97.